The first kappa shape index (κ1) is 33.9. The summed E-state index contributed by atoms with van der Waals surface area (Å²) in [5.41, 5.74) is 4.01. The molecule has 4 aliphatic rings. The molecule has 0 radical (unpaired) electrons. The van der Waals surface area contributed by atoms with Gasteiger partial charge in [0.1, 0.15) is 6.10 Å². The van der Waals surface area contributed by atoms with Crippen LogP contribution < -0.4 is 0 Å². The van der Waals surface area contributed by atoms with Crippen LogP contribution in [0.25, 0.3) is 0 Å². The van der Waals surface area contributed by atoms with Gasteiger partial charge in [-0.05, 0) is 111 Å². The Bertz CT molecular complexity index is 910. The Morgan fingerprint density at radius 1 is 0.952 bits per heavy atom. The van der Waals surface area contributed by atoms with Gasteiger partial charge in [0.05, 0.1) is 6.61 Å². The normalized spacial score (nSPS) is 34.9. The Hall–Kier alpha value is -0.960. The van der Waals surface area contributed by atoms with E-state index in [9.17, 15) is 4.79 Å². The molecule has 0 bridgehead atoms. The average molecular weight is 603 g/mol. The first-order chi connectivity index (χ1) is 20.2. The van der Waals surface area contributed by atoms with Crippen LogP contribution in [0, 0.1) is 46.3 Å². The fourth-order valence-electron chi connectivity index (χ4n) is 10.2. The van der Waals surface area contributed by atoms with E-state index in [0.717, 1.165) is 74.0 Å². The summed E-state index contributed by atoms with van der Waals surface area (Å²) in [5, 5.41) is 0. The first-order valence-corrected chi connectivity index (χ1v) is 18.4. The number of ether oxygens (including phenoxy) is 2. The molecule has 0 N–H and O–H groups in total. The third-order valence-electron chi connectivity index (χ3n) is 12.6. The van der Waals surface area contributed by atoms with Crippen LogP contribution >= 0.6 is 11.6 Å². The molecule has 0 aliphatic heterocycles. The third-order valence-corrected chi connectivity index (χ3v) is 12.8. The Morgan fingerprint density at radius 2 is 1.71 bits per heavy atom. The van der Waals surface area contributed by atoms with E-state index in [-0.39, 0.29) is 11.5 Å². The zero-order valence-electron chi connectivity index (χ0n) is 27.8. The Morgan fingerprint density at radius 3 is 2.48 bits per heavy atom. The zero-order chi connectivity index (χ0) is 30.2. The number of carbonyl (C=O) groups is 1. The molecule has 8 atom stereocenters. The summed E-state index contributed by atoms with van der Waals surface area (Å²) >= 11 is 5.56. The monoisotopic (exact) mass is 602 g/mol. The summed E-state index contributed by atoms with van der Waals surface area (Å²) < 4.78 is 11.3. The molecule has 0 heterocycles. The predicted molar refractivity (Wildman–Crippen MR) is 177 cm³/mol. The number of hydrogen-bond donors (Lipinski definition) is 0. The number of unbranched alkanes of at least 4 members (excludes halogenated alkanes) is 6. The molecular formula is C38H63ClO3. The number of hydrogen-bond acceptors (Lipinski definition) is 3. The highest BCUT2D eigenvalue weighted by Gasteiger charge is 2.59. The maximum atomic E-state index is 12.5. The van der Waals surface area contributed by atoms with Crippen LogP contribution in [0.2, 0.25) is 0 Å². The molecule has 0 unspecified atom stereocenters. The molecule has 0 amide bonds. The van der Waals surface area contributed by atoms with Crippen molar-refractivity contribution in [2.24, 2.45) is 46.3 Å². The van der Waals surface area contributed by atoms with Crippen LogP contribution in [0.1, 0.15) is 150 Å². The van der Waals surface area contributed by atoms with Gasteiger partial charge in [-0.15, -0.1) is 0 Å². The second-order valence-electron chi connectivity index (χ2n) is 15.6. The van der Waals surface area contributed by atoms with E-state index in [0.29, 0.717) is 12.0 Å². The minimum atomic E-state index is -0.460. The number of allylic oxidation sites excluding steroid dienone is 2. The average Bonchev–Trinajstić information content (AvgIpc) is 3.31. The molecule has 0 aromatic carbocycles. The molecular weight excluding hydrogens is 540 g/mol. The van der Waals surface area contributed by atoms with Crippen LogP contribution in [0.5, 0.6) is 0 Å². The number of carbonyl (C=O) groups excluding carboxylic acids is 1. The van der Waals surface area contributed by atoms with Crippen LogP contribution in [0.15, 0.2) is 23.3 Å². The van der Waals surface area contributed by atoms with E-state index in [4.69, 9.17) is 21.1 Å². The lowest BCUT2D eigenvalue weighted by atomic mass is 9.47. The standard InChI is InChI=1S/C38H63ClO3/c1-28(2)15-14-16-29(3)33-19-20-34-32-18-17-30-27-31(21-23-37(30,4)35(32)22-24-38(33,34)5)42-36(40)41-26-13-11-9-7-6-8-10-12-25-39/h12,17,25,28-29,31-35H,6-11,13-16,18-24,26-27H2,1-5H3/b25-12-/t29-,31+,32+,33-,34+,35+,37+,38-/m1/s1. The van der Waals surface area contributed by atoms with Gasteiger partial charge in [-0.1, -0.05) is 109 Å². The zero-order valence-corrected chi connectivity index (χ0v) is 28.6. The van der Waals surface area contributed by atoms with Crippen LogP contribution in [-0.4, -0.2) is 18.9 Å². The second-order valence-corrected chi connectivity index (χ2v) is 15.9. The van der Waals surface area contributed by atoms with Crippen LogP contribution in [0.3, 0.4) is 0 Å². The third kappa shape index (κ3) is 8.19. The van der Waals surface area contributed by atoms with E-state index in [2.05, 4.69) is 40.7 Å². The number of halogens is 1. The summed E-state index contributed by atoms with van der Waals surface area (Å²) in [6.45, 7) is 13.0. The molecule has 3 fully saturated rings. The van der Waals surface area contributed by atoms with E-state index < -0.39 is 6.16 Å². The van der Waals surface area contributed by atoms with Gasteiger partial charge in [0.25, 0.3) is 0 Å². The molecule has 4 aliphatic carbocycles. The molecule has 42 heavy (non-hydrogen) atoms. The van der Waals surface area contributed by atoms with Gasteiger partial charge < -0.3 is 9.47 Å². The van der Waals surface area contributed by atoms with E-state index in [1.165, 1.54) is 77.0 Å². The van der Waals surface area contributed by atoms with E-state index >= 15 is 0 Å². The van der Waals surface area contributed by atoms with Gasteiger partial charge in [-0.3, -0.25) is 0 Å². The Kier molecular flexibility index (Phi) is 12.8. The van der Waals surface area contributed by atoms with Crippen molar-refractivity contribution in [2.75, 3.05) is 6.61 Å². The highest BCUT2D eigenvalue weighted by molar-refractivity contribution is 6.25. The first-order valence-electron chi connectivity index (χ1n) is 18.0. The fraction of sp³-hybridized carbons (Fsp3) is 0.868. The highest BCUT2D eigenvalue weighted by Crippen LogP contribution is 2.67. The number of fused-ring (bicyclic) bond motifs is 5. The second kappa shape index (κ2) is 15.9. The van der Waals surface area contributed by atoms with E-state index in [1.807, 2.05) is 6.08 Å². The SMILES string of the molecule is CC(C)CCC[C@@H](C)[C@H]1CC[C@H]2[C@@H]3CC=C4C[C@@H](OC(=O)OCCCCCCCC/C=C\Cl)CC[C@]4(C)[C@H]3CC[C@]12C. The smallest absolute Gasteiger partial charge is 0.434 e. The van der Waals surface area contributed by atoms with Gasteiger partial charge in [0.15, 0.2) is 0 Å². The predicted octanol–water partition coefficient (Wildman–Crippen LogP) is 12.0. The van der Waals surface area contributed by atoms with Crippen molar-refractivity contribution in [2.45, 2.75) is 156 Å². The lowest BCUT2D eigenvalue weighted by Crippen LogP contribution is -2.51. The summed E-state index contributed by atoms with van der Waals surface area (Å²) in [7, 11) is 0. The summed E-state index contributed by atoms with van der Waals surface area (Å²) in [5.74, 6) is 5.13. The Balaban J connectivity index is 1.22. The minimum absolute atomic E-state index is 0.0215. The molecule has 0 saturated heterocycles. The maximum absolute atomic E-state index is 12.5. The summed E-state index contributed by atoms with van der Waals surface area (Å²) in [6.07, 6.45) is 26.2. The molecule has 4 rings (SSSR count). The van der Waals surface area contributed by atoms with Gasteiger partial charge in [-0.25, -0.2) is 4.79 Å². The van der Waals surface area contributed by atoms with Gasteiger partial charge in [0, 0.05) is 12.0 Å². The van der Waals surface area contributed by atoms with Crippen molar-refractivity contribution >= 4 is 17.8 Å². The molecule has 4 heteroatoms. The van der Waals surface area contributed by atoms with Crippen LogP contribution in [-0.2, 0) is 9.47 Å². The molecule has 3 saturated carbocycles. The lowest BCUT2D eigenvalue weighted by Gasteiger charge is -2.58. The molecule has 3 nitrogen and oxygen atoms in total. The lowest BCUT2D eigenvalue weighted by molar-refractivity contribution is -0.0617. The summed E-state index contributed by atoms with van der Waals surface area (Å²) in [4.78, 5) is 12.5. The quantitative estimate of drug-likeness (QED) is 0.106. The fourth-order valence-corrected chi connectivity index (χ4v) is 10.3. The highest BCUT2D eigenvalue weighted by atomic mass is 35.5. The van der Waals surface area contributed by atoms with Crippen LogP contribution in [0.4, 0.5) is 4.79 Å². The molecule has 0 aromatic rings. The maximum Gasteiger partial charge on any atom is 0.508 e. The topological polar surface area (TPSA) is 35.5 Å². The van der Waals surface area contributed by atoms with Crippen molar-refractivity contribution in [1.29, 1.82) is 0 Å². The Labute approximate surface area is 264 Å². The molecule has 0 spiro atoms. The van der Waals surface area contributed by atoms with Gasteiger partial charge in [-0.2, -0.15) is 0 Å². The van der Waals surface area contributed by atoms with Crippen molar-refractivity contribution in [1.82, 2.24) is 0 Å². The van der Waals surface area contributed by atoms with Crippen molar-refractivity contribution < 1.29 is 14.3 Å². The minimum Gasteiger partial charge on any atom is -0.434 e. The summed E-state index contributed by atoms with van der Waals surface area (Å²) in [6, 6.07) is 0. The van der Waals surface area contributed by atoms with Crippen molar-refractivity contribution in [3.8, 4) is 0 Å². The number of rotatable bonds is 15. The van der Waals surface area contributed by atoms with Gasteiger partial charge in [0.2, 0.25) is 0 Å². The van der Waals surface area contributed by atoms with Gasteiger partial charge >= 0.3 is 6.16 Å². The molecule has 240 valence electrons. The van der Waals surface area contributed by atoms with Crippen molar-refractivity contribution in [3.05, 3.63) is 23.3 Å². The molecule has 0 aromatic heterocycles. The largest absolute Gasteiger partial charge is 0.508 e. The van der Waals surface area contributed by atoms with E-state index in [1.54, 1.807) is 11.1 Å². The van der Waals surface area contributed by atoms with Crippen molar-refractivity contribution in [3.63, 3.8) is 0 Å².